The minimum absolute atomic E-state index is 0.777. The molecule has 0 saturated carbocycles. The van der Waals surface area contributed by atoms with Gasteiger partial charge in [0.2, 0.25) is 0 Å². The zero-order chi connectivity index (χ0) is 21.3. The Morgan fingerprint density at radius 2 is 1.97 bits per heavy atom. The van der Waals surface area contributed by atoms with Crippen molar-refractivity contribution in [3.63, 3.8) is 0 Å². The molecule has 0 bridgehead atoms. The maximum atomic E-state index is 5.66. The van der Waals surface area contributed by atoms with E-state index in [2.05, 4.69) is 39.7 Å². The molecule has 0 fully saturated rings. The van der Waals surface area contributed by atoms with Crippen LogP contribution in [0, 0.1) is 0 Å². The highest BCUT2D eigenvalue weighted by Crippen LogP contribution is 2.33. The van der Waals surface area contributed by atoms with E-state index in [1.807, 2.05) is 24.3 Å². The van der Waals surface area contributed by atoms with E-state index in [4.69, 9.17) is 14.5 Å². The molecule has 160 valence electrons. The summed E-state index contributed by atoms with van der Waals surface area (Å²) in [5.74, 6) is 1.57. The Hall–Kier alpha value is -2.64. The van der Waals surface area contributed by atoms with Crippen LogP contribution in [0.25, 0.3) is 11.3 Å². The number of rotatable bonds is 10. The number of hydrogen-bond acceptors (Lipinski definition) is 6. The SMILES string of the molecule is CCN(CC)CCCn1c(-c2ccc(OC)cc2OC)csc1=Nc1cccnc1. The summed E-state index contributed by atoms with van der Waals surface area (Å²) in [6.07, 6.45) is 4.59. The van der Waals surface area contributed by atoms with Crippen molar-refractivity contribution in [1.82, 2.24) is 14.5 Å². The molecule has 2 aromatic heterocycles. The van der Waals surface area contributed by atoms with Crippen molar-refractivity contribution >= 4 is 17.0 Å². The van der Waals surface area contributed by atoms with Crippen LogP contribution in [0.4, 0.5) is 5.69 Å². The Balaban J connectivity index is 2.02. The molecule has 3 rings (SSSR count). The summed E-state index contributed by atoms with van der Waals surface area (Å²) in [5.41, 5.74) is 2.98. The average Bonchev–Trinajstić information content (AvgIpc) is 3.18. The smallest absolute Gasteiger partial charge is 0.190 e. The summed E-state index contributed by atoms with van der Waals surface area (Å²) in [5, 5.41) is 2.15. The first-order valence-electron chi connectivity index (χ1n) is 10.3. The van der Waals surface area contributed by atoms with Gasteiger partial charge in [0.05, 0.1) is 31.8 Å². The minimum Gasteiger partial charge on any atom is -0.497 e. The van der Waals surface area contributed by atoms with E-state index in [9.17, 15) is 0 Å². The third kappa shape index (κ3) is 5.29. The van der Waals surface area contributed by atoms with Crippen molar-refractivity contribution in [2.75, 3.05) is 33.9 Å². The number of benzene rings is 1. The van der Waals surface area contributed by atoms with Crippen LogP contribution in [0.5, 0.6) is 11.5 Å². The fraction of sp³-hybridized carbons (Fsp3) is 0.391. The Bertz CT molecular complexity index is 994. The van der Waals surface area contributed by atoms with E-state index in [1.54, 1.807) is 38.0 Å². The highest BCUT2D eigenvalue weighted by atomic mass is 32.1. The van der Waals surface area contributed by atoms with Crippen molar-refractivity contribution in [3.05, 3.63) is 52.9 Å². The van der Waals surface area contributed by atoms with Gasteiger partial charge in [-0.15, -0.1) is 11.3 Å². The standard InChI is InChI=1S/C23H30N4O2S/c1-5-26(6-2)13-8-14-27-21(20-11-10-19(28-3)15-22(20)29-4)17-30-23(27)25-18-9-7-12-24-16-18/h7,9-12,15-17H,5-6,8,13-14H2,1-4H3. The van der Waals surface area contributed by atoms with E-state index in [1.165, 1.54) is 0 Å². The van der Waals surface area contributed by atoms with Gasteiger partial charge in [-0.1, -0.05) is 13.8 Å². The molecule has 0 saturated heterocycles. The van der Waals surface area contributed by atoms with Gasteiger partial charge in [-0.3, -0.25) is 4.98 Å². The van der Waals surface area contributed by atoms with E-state index in [0.717, 1.165) is 65.8 Å². The molecule has 0 radical (unpaired) electrons. The van der Waals surface area contributed by atoms with Gasteiger partial charge in [0.1, 0.15) is 11.5 Å². The molecule has 1 aromatic carbocycles. The highest BCUT2D eigenvalue weighted by molar-refractivity contribution is 7.07. The average molecular weight is 427 g/mol. The lowest BCUT2D eigenvalue weighted by Crippen LogP contribution is -2.26. The molecule has 3 aromatic rings. The fourth-order valence-electron chi connectivity index (χ4n) is 3.38. The zero-order valence-electron chi connectivity index (χ0n) is 18.2. The third-order valence-electron chi connectivity index (χ3n) is 5.10. The number of hydrogen-bond donors (Lipinski definition) is 0. The van der Waals surface area contributed by atoms with E-state index in [0.29, 0.717) is 0 Å². The summed E-state index contributed by atoms with van der Waals surface area (Å²) < 4.78 is 13.3. The lowest BCUT2D eigenvalue weighted by molar-refractivity contribution is 0.293. The van der Waals surface area contributed by atoms with Crippen LogP contribution in [0.1, 0.15) is 20.3 Å². The molecule has 2 heterocycles. The molecule has 0 unspecified atom stereocenters. The molecule has 0 aliphatic rings. The van der Waals surface area contributed by atoms with Gasteiger partial charge in [-0.25, -0.2) is 4.99 Å². The third-order valence-corrected chi connectivity index (χ3v) is 5.97. The topological polar surface area (TPSA) is 51.9 Å². The molecule has 0 aliphatic carbocycles. The molecule has 0 amide bonds. The number of methoxy groups -OCH3 is 2. The molecule has 6 nitrogen and oxygen atoms in total. The maximum Gasteiger partial charge on any atom is 0.190 e. The van der Waals surface area contributed by atoms with Crippen LogP contribution in [-0.4, -0.2) is 48.3 Å². The first kappa shape index (κ1) is 22.1. The summed E-state index contributed by atoms with van der Waals surface area (Å²) in [4.78, 5) is 12.4. The van der Waals surface area contributed by atoms with Gasteiger partial charge < -0.3 is 18.9 Å². The number of nitrogens with zero attached hydrogens (tertiary/aromatic N) is 4. The van der Waals surface area contributed by atoms with Gasteiger partial charge in [-0.05, 0) is 50.3 Å². The van der Waals surface area contributed by atoms with Crippen molar-refractivity contribution in [1.29, 1.82) is 0 Å². The molecule has 7 heteroatoms. The van der Waals surface area contributed by atoms with Crippen LogP contribution in [0.2, 0.25) is 0 Å². The van der Waals surface area contributed by atoms with Gasteiger partial charge in [0.15, 0.2) is 4.80 Å². The fourth-order valence-corrected chi connectivity index (χ4v) is 4.33. The van der Waals surface area contributed by atoms with Crippen LogP contribution in [0.3, 0.4) is 0 Å². The largest absolute Gasteiger partial charge is 0.497 e. The Labute approximate surface area is 182 Å². The summed E-state index contributed by atoms with van der Waals surface area (Å²) in [6.45, 7) is 8.48. The van der Waals surface area contributed by atoms with Crippen LogP contribution in [-0.2, 0) is 6.54 Å². The molecule has 0 spiro atoms. The lowest BCUT2D eigenvalue weighted by Gasteiger charge is -2.19. The van der Waals surface area contributed by atoms with Gasteiger partial charge >= 0.3 is 0 Å². The van der Waals surface area contributed by atoms with Crippen molar-refractivity contribution < 1.29 is 9.47 Å². The summed E-state index contributed by atoms with van der Waals surface area (Å²) >= 11 is 1.63. The van der Waals surface area contributed by atoms with Crippen molar-refractivity contribution in [3.8, 4) is 22.8 Å². The van der Waals surface area contributed by atoms with Crippen molar-refractivity contribution in [2.24, 2.45) is 4.99 Å². The molecule has 0 aliphatic heterocycles. The molecular formula is C23H30N4O2S. The van der Waals surface area contributed by atoms with Gasteiger partial charge in [-0.2, -0.15) is 0 Å². The lowest BCUT2D eigenvalue weighted by atomic mass is 10.1. The summed E-state index contributed by atoms with van der Waals surface area (Å²) in [7, 11) is 3.35. The first-order chi connectivity index (χ1) is 14.7. The van der Waals surface area contributed by atoms with E-state index >= 15 is 0 Å². The van der Waals surface area contributed by atoms with Gasteiger partial charge in [0, 0.05) is 29.8 Å². The van der Waals surface area contributed by atoms with Crippen LogP contribution < -0.4 is 14.3 Å². The second-order valence-corrected chi connectivity index (χ2v) is 7.66. The minimum atomic E-state index is 0.777. The monoisotopic (exact) mass is 426 g/mol. The number of ether oxygens (including phenoxy) is 2. The molecule has 30 heavy (non-hydrogen) atoms. The Kier molecular flexibility index (Phi) is 8.04. The maximum absolute atomic E-state index is 5.66. The van der Waals surface area contributed by atoms with E-state index < -0.39 is 0 Å². The predicted octanol–water partition coefficient (Wildman–Crippen LogP) is 4.59. The quantitative estimate of drug-likeness (QED) is 0.476. The zero-order valence-corrected chi connectivity index (χ0v) is 19.0. The van der Waals surface area contributed by atoms with Crippen molar-refractivity contribution in [2.45, 2.75) is 26.8 Å². The predicted molar refractivity (Wildman–Crippen MR) is 123 cm³/mol. The molecule has 0 N–H and O–H groups in total. The highest BCUT2D eigenvalue weighted by Gasteiger charge is 2.14. The Morgan fingerprint density at radius 1 is 1.13 bits per heavy atom. The van der Waals surface area contributed by atoms with E-state index in [-0.39, 0.29) is 0 Å². The number of pyridine rings is 1. The number of thiazole rings is 1. The molecule has 0 atom stereocenters. The summed E-state index contributed by atoms with van der Waals surface area (Å²) in [6, 6.07) is 9.82. The molecular weight excluding hydrogens is 396 g/mol. The normalized spacial score (nSPS) is 11.8. The van der Waals surface area contributed by atoms with Crippen LogP contribution in [0.15, 0.2) is 53.1 Å². The number of aromatic nitrogens is 2. The second-order valence-electron chi connectivity index (χ2n) is 6.82. The second kappa shape index (κ2) is 10.9. The van der Waals surface area contributed by atoms with Crippen LogP contribution >= 0.6 is 11.3 Å². The Morgan fingerprint density at radius 3 is 2.63 bits per heavy atom. The van der Waals surface area contributed by atoms with Gasteiger partial charge in [0.25, 0.3) is 0 Å². The first-order valence-corrected chi connectivity index (χ1v) is 11.2.